The van der Waals surface area contributed by atoms with Crippen molar-refractivity contribution >= 4 is 17.5 Å². The van der Waals surface area contributed by atoms with E-state index in [1.807, 2.05) is 0 Å². The number of methoxy groups -OCH3 is 1. The molecule has 0 saturated carbocycles. The van der Waals surface area contributed by atoms with E-state index in [0.717, 1.165) is 0 Å². The van der Waals surface area contributed by atoms with Gasteiger partial charge in [-0.3, -0.25) is 9.59 Å². The summed E-state index contributed by atoms with van der Waals surface area (Å²) < 4.78 is 87.3. The molecule has 0 atom stereocenters. The molecule has 0 aliphatic rings. The van der Waals surface area contributed by atoms with E-state index in [1.54, 1.807) is 29.6 Å². The summed E-state index contributed by atoms with van der Waals surface area (Å²) in [5, 5.41) is 3.87. The lowest BCUT2D eigenvalue weighted by molar-refractivity contribution is -0.143. The standard InChI is InChI=1S/C19H16F6N2O4/c1-30-14-2-4-15(5-3-14)31-7-6-26-16(28)17(29)27-13-9-11(18(20,21)22)8-12(10-13)19(23,24)25/h2-5,8-10H,6-7H2,1H3,(H,26,28)(H,27,29). The quantitative estimate of drug-likeness (QED) is 0.398. The second-order valence-corrected chi connectivity index (χ2v) is 6.03. The van der Waals surface area contributed by atoms with Crippen molar-refractivity contribution in [2.45, 2.75) is 12.4 Å². The van der Waals surface area contributed by atoms with Crippen LogP contribution in [0.4, 0.5) is 32.0 Å². The Labute approximate surface area is 172 Å². The molecule has 2 aromatic rings. The van der Waals surface area contributed by atoms with Gasteiger partial charge in [-0.05, 0) is 42.5 Å². The fourth-order valence-corrected chi connectivity index (χ4v) is 2.30. The predicted molar refractivity (Wildman–Crippen MR) is 96.6 cm³/mol. The van der Waals surface area contributed by atoms with Gasteiger partial charge in [0.25, 0.3) is 0 Å². The third-order valence-corrected chi connectivity index (χ3v) is 3.77. The van der Waals surface area contributed by atoms with E-state index in [9.17, 15) is 35.9 Å². The van der Waals surface area contributed by atoms with E-state index < -0.39 is 41.0 Å². The number of carbonyl (C=O) groups excluding carboxylic acids is 2. The van der Waals surface area contributed by atoms with Crippen LogP contribution in [-0.2, 0) is 21.9 Å². The van der Waals surface area contributed by atoms with Crippen LogP contribution in [0.2, 0.25) is 0 Å². The summed E-state index contributed by atoms with van der Waals surface area (Å²) in [5.41, 5.74) is -4.06. The summed E-state index contributed by atoms with van der Waals surface area (Å²) in [7, 11) is 1.49. The molecule has 2 rings (SSSR count). The van der Waals surface area contributed by atoms with Crippen molar-refractivity contribution in [2.24, 2.45) is 0 Å². The van der Waals surface area contributed by atoms with Crippen LogP contribution < -0.4 is 20.1 Å². The third-order valence-electron chi connectivity index (χ3n) is 3.77. The van der Waals surface area contributed by atoms with E-state index in [2.05, 4.69) is 5.32 Å². The van der Waals surface area contributed by atoms with Crippen LogP contribution in [0, 0.1) is 0 Å². The van der Waals surface area contributed by atoms with E-state index in [0.29, 0.717) is 23.6 Å². The van der Waals surface area contributed by atoms with Crippen molar-refractivity contribution in [1.82, 2.24) is 5.32 Å². The van der Waals surface area contributed by atoms with Crippen LogP contribution in [0.5, 0.6) is 11.5 Å². The predicted octanol–water partition coefficient (Wildman–Crippen LogP) is 3.87. The molecule has 168 valence electrons. The highest BCUT2D eigenvalue weighted by molar-refractivity contribution is 6.39. The number of halogens is 6. The van der Waals surface area contributed by atoms with Crippen molar-refractivity contribution in [3.8, 4) is 11.5 Å². The average Bonchev–Trinajstić information content (AvgIpc) is 2.70. The van der Waals surface area contributed by atoms with Gasteiger partial charge in [0, 0.05) is 5.69 Å². The minimum Gasteiger partial charge on any atom is -0.497 e. The number of hydrogen-bond acceptors (Lipinski definition) is 4. The molecule has 2 aromatic carbocycles. The summed E-state index contributed by atoms with van der Waals surface area (Å²) in [4.78, 5) is 23.6. The lowest BCUT2D eigenvalue weighted by Gasteiger charge is -2.14. The molecule has 2 N–H and O–H groups in total. The van der Waals surface area contributed by atoms with Crippen molar-refractivity contribution in [2.75, 3.05) is 25.6 Å². The molecule has 0 aromatic heterocycles. The van der Waals surface area contributed by atoms with Crippen molar-refractivity contribution in [3.63, 3.8) is 0 Å². The van der Waals surface area contributed by atoms with E-state index in [-0.39, 0.29) is 19.2 Å². The molecule has 0 unspecified atom stereocenters. The SMILES string of the molecule is COc1ccc(OCCNC(=O)C(=O)Nc2cc(C(F)(F)F)cc(C(F)(F)F)c2)cc1. The number of benzene rings is 2. The van der Waals surface area contributed by atoms with Gasteiger partial charge in [0.1, 0.15) is 18.1 Å². The number of ether oxygens (including phenoxy) is 2. The molecule has 0 aliphatic carbocycles. The highest BCUT2D eigenvalue weighted by Gasteiger charge is 2.37. The third kappa shape index (κ3) is 7.08. The van der Waals surface area contributed by atoms with Crippen LogP contribution in [0.1, 0.15) is 11.1 Å². The topological polar surface area (TPSA) is 76.7 Å². The molecule has 0 saturated heterocycles. The highest BCUT2D eigenvalue weighted by atomic mass is 19.4. The smallest absolute Gasteiger partial charge is 0.416 e. The van der Waals surface area contributed by atoms with Gasteiger partial charge in [-0.25, -0.2) is 0 Å². The molecule has 0 radical (unpaired) electrons. The molecule has 0 heterocycles. The van der Waals surface area contributed by atoms with E-state index in [1.165, 1.54) is 7.11 Å². The zero-order valence-electron chi connectivity index (χ0n) is 15.9. The fraction of sp³-hybridized carbons (Fsp3) is 0.263. The van der Waals surface area contributed by atoms with Gasteiger partial charge in [-0.1, -0.05) is 0 Å². The van der Waals surface area contributed by atoms with Gasteiger partial charge in [0.05, 0.1) is 24.8 Å². The monoisotopic (exact) mass is 450 g/mol. The Hall–Kier alpha value is -3.44. The Morgan fingerprint density at radius 3 is 1.84 bits per heavy atom. The molecule has 0 bridgehead atoms. The normalized spacial score (nSPS) is 11.6. The molecule has 12 heteroatoms. The van der Waals surface area contributed by atoms with Crippen molar-refractivity contribution in [1.29, 1.82) is 0 Å². The number of rotatable bonds is 6. The Bertz CT molecular complexity index is 894. The lowest BCUT2D eigenvalue weighted by atomic mass is 10.1. The number of carbonyl (C=O) groups is 2. The number of anilines is 1. The minimum absolute atomic E-state index is 0.0485. The molecule has 0 fully saturated rings. The minimum atomic E-state index is -5.08. The van der Waals surface area contributed by atoms with Crippen molar-refractivity contribution in [3.05, 3.63) is 53.6 Å². The zero-order chi connectivity index (χ0) is 23.2. The van der Waals surface area contributed by atoms with Gasteiger partial charge < -0.3 is 20.1 Å². The number of alkyl halides is 6. The summed E-state index contributed by atoms with van der Waals surface area (Å²) in [6, 6.07) is 6.96. The summed E-state index contributed by atoms with van der Waals surface area (Å²) in [6.45, 7) is -0.193. The second kappa shape index (κ2) is 9.58. The average molecular weight is 450 g/mol. The van der Waals surface area contributed by atoms with Crippen LogP contribution in [-0.4, -0.2) is 32.1 Å². The van der Waals surface area contributed by atoms with Gasteiger partial charge in [0.15, 0.2) is 0 Å². The van der Waals surface area contributed by atoms with Gasteiger partial charge in [-0.2, -0.15) is 26.3 Å². The first-order valence-corrected chi connectivity index (χ1v) is 8.55. The Morgan fingerprint density at radius 2 is 1.35 bits per heavy atom. The molecule has 2 amide bonds. The molecule has 31 heavy (non-hydrogen) atoms. The maximum absolute atomic E-state index is 12.8. The first-order chi connectivity index (χ1) is 14.4. The first-order valence-electron chi connectivity index (χ1n) is 8.55. The maximum Gasteiger partial charge on any atom is 0.416 e. The summed E-state index contributed by atoms with van der Waals surface area (Å²) >= 11 is 0. The van der Waals surface area contributed by atoms with Gasteiger partial charge >= 0.3 is 24.2 Å². The van der Waals surface area contributed by atoms with Gasteiger partial charge in [0.2, 0.25) is 0 Å². The second-order valence-electron chi connectivity index (χ2n) is 6.03. The largest absolute Gasteiger partial charge is 0.497 e. The summed E-state index contributed by atoms with van der Waals surface area (Å²) in [5.74, 6) is -1.65. The number of hydrogen-bond donors (Lipinski definition) is 2. The first kappa shape index (κ1) is 23.8. The molecule has 0 spiro atoms. The molecule has 0 aliphatic heterocycles. The molecular weight excluding hydrogens is 434 g/mol. The summed E-state index contributed by atoms with van der Waals surface area (Å²) in [6.07, 6.45) is -10.2. The van der Waals surface area contributed by atoms with Crippen LogP contribution in [0.25, 0.3) is 0 Å². The molecular formula is C19H16F6N2O4. The maximum atomic E-state index is 12.8. The zero-order valence-corrected chi connectivity index (χ0v) is 15.9. The Kier molecular flexibility index (Phi) is 7.37. The van der Waals surface area contributed by atoms with E-state index in [4.69, 9.17) is 9.47 Å². The van der Waals surface area contributed by atoms with Crippen LogP contribution in [0.15, 0.2) is 42.5 Å². The highest BCUT2D eigenvalue weighted by Crippen LogP contribution is 2.37. The number of nitrogens with one attached hydrogen (secondary N) is 2. The fourth-order valence-electron chi connectivity index (χ4n) is 2.30. The number of amides is 2. The van der Waals surface area contributed by atoms with E-state index >= 15 is 0 Å². The van der Waals surface area contributed by atoms with Gasteiger partial charge in [-0.15, -0.1) is 0 Å². The van der Waals surface area contributed by atoms with Crippen LogP contribution in [0.3, 0.4) is 0 Å². The molecule has 6 nitrogen and oxygen atoms in total. The van der Waals surface area contributed by atoms with Crippen molar-refractivity contribution < 1.29 is 45.4 Å². The Balaban J connectivity index is 1.94. The Morgan fingerprint density at radius 1 is 0.839 bits per heavy atom. The lowest BCUT2D eigenvalue weighted by Crippen LogP contribution is -2.37. The van der Waals surface area contributed by atoms with Crippen LogP contribution >= 0.6 is 0 Å².